The highest BCUT2D eigenvalue weighted by Gasteiger charge is 2.31. The first-order valence-corrected chi connectivity index (χ1v) is 5.36. The van der Waals surface area contributed by atoms with E-state index in [1.54, 1.807) is 6.07 Å². The molecule has 1 aromatic rings. The molecule has 0 atom stereocenters. The fraction of sp³-hybridized carbons (Fsp3) is 0.300. The van der Waals surface area contributed by atoms with Gasteiger partial charge in [-0.15, -0.1) is 0 Å². The third-order valence-electron chi connectivity index (χ3n) is 2.44. The summed E-state index contributed by atoms with van der Waals surface area (Å²) in [7, 11) is 0.871. The van der Waals surface area contributed by atoms with Crippen LogP contribution in [0, 0.1) is 0 Å². The zero-order valence-electron chi connectivity index (χ0n) is 9.10. The molecule has 1 saturated heterocycles. The Kier molecular flexibility index (Phi) is 3.56. The zero-order valence-corrected chi connectivity index (χ0v) is 9.86. The largest absolute Gasteiger partial charge is 0.497 e. The van der Waals surface area contributed by atoms with Gasteiger partial charge in [-0.3, -0.25) is 0 Å². The third kappa shape index (κ3) is 2.24. The number of ether oxygens (including phenoxy) is 1. The molecule has 0 aliphatic carbocycles. The highest BCUT2D eigenvalue weighted by atomic mass is 35.5. The van der Waals surface area contributed by atoms with E-state index in [1.165, 1.54) is 13.2 Å². The molecule has 0 saturated carbocycles. The van der Waals surface area contributed by atoms with Crippen LogP contribution in [0.25, 0.3) is 0 Å². The molecule has 0 spiro atoms. The SMILES string of the molecule is COc1c(B2OCCO2)ccc(C(=O)O)c1Cl. The van der Waals surface area contributed by atoms with Crippen molar-refractivity contribution in [1.82, 2.24) is 0 Å². The number of carboxylic acids is 1. The van der Waals surface area contributed by atoms with E-state index < -0.39 is 13.1 Å². The first kappa shape index (κ1) is 12.2. The van der Waals surface area contributed by atoms with Crippen LogP contribution in [-0.4, -0.2) is 38.5 Å². The van der Waals surface area contributed by atoms with Crippen LogP contribution in [0.3, 0.4) is 0 Å². The van der Waals surface area contributed by atoms with Crippen molar-refractivity contribution >= 4 is 30.2 Å². The van der Waals surface area contributed by atoms with Crippen molar-refractivity contribution in [2.75, 3.05) is 20.3 Å². The lowest BCUT2D eigenvalue weighted by atomic mass is 9.78. The van der Waals surface area contributed by atoms with Crippen molar-refractivity contribution in [3.8, 4) is 5.75 Å². The molecule has 0 unspecified atom stereocenters. The molecule has 1 aliphatic heterocycles. The summed E-state index contributed by atoms with van der Waals surface area (Å²) < 4.78 is 15.8. The van der Waals surface area contributed by atoms with E-state index in [2.05, 4.69) is 0 Å². The number of hydrogen-bond acceptors (Lipinski definition) is 4. The van der Waals surface area contributed by atoms with Crippen molar-refractivity contribution in [2.24, 2.45) is 0 Å². The first-order chi connectivity index (χ1) is 8.15. The van der Waals surface area contributed by atoms with Crippen molar-refractivity contribution < 1.29 is 23.9 Å². The summed E-state index contributed by atoms with van der Waals surface area (Å²) >= 11 is 5.97. The summed E-state index contributed by atoms with van der Waals surface area (Å²) in [4.78, 5) is 10.9. The Bertz CT molecular complexity index is 445. The smallest absolute Gasteiger partial charge is 0.496 e. The number of halogens is 1. The number of hydrogen-bond donors (Lipinski definition) is 1. The second-order valence-corrected chi connectivity index (χ2v) is 3.81. The highest BCUT2D eigenvalue weighted by Crippen LogP contribution is 2.27. The molecule has 1 heterocycles. The van der Waals surface area contributed by atoms with Gasteiger partial charge in [0.05, 0.1) is 30.9 Å². The minimum atomic E-state index is -1.10. The average Bonchev–Trinajstić information content (AvgIpc) is 2.81. The summed E-state index contributed by atoms with van der Waals surface area (Å²) in [6.45, 7) is 0.984. The molecule has 5 nitrogen and oxygen atoms in total. The fourth-order valence-electron chi connectivity index (χ4n) is 1.67. The molecular formula is C10H10BClO5. The Morgan fingerprint density at radius 2 is 2.12 bits per heavy atom. The van der Waals surface area contributed by atoms with Crippen LogP contribution in [-0.2, 0) is 9.31 Å². The predicted octanol–water partition coefficient (Wildman–Crippen LogP) is 0.789. The molecule has 0 amide bonds. The maximum atomic E-state index is 10.9. The second kappa shape index (κ2) is 4.95. The average molecular weight is 256 g/mol. The molecule has 2 rings (SSSR count). The van der Waals surface area contributed by atoms with E-state index in [0.717, 1.165) is 0 Å². The molecule has 0 aromatic heterocycles. The van der Waals surface area contributed by atoms with Gasteiger partial charge in [-0.05, 0) is 6.07 Å². The standard InChI is InChI=1S/C10H10BClO5/c1-15-9-7(11-16-4-5-17-11)3-2-6(8(9)12)10(13)14/h2-3H,4-5H2,1H3,(H,13,14). The van der Waals surface area contributed by atoms with Gasteiger partial charge in [0.1, 0.15) is 5.75 Å². The molecule has 0 radical (unpaired) electrons. The number of carboxylic acid groups (broad SMARTS) is 1. The normalized spacial score (nSPS) is 15.1. The van der Waals surface area contributed by atoms with Gasteiger partial charge in [-0.2, -0.15) is 0 Å². The minimum Gasteiger partial charge on any atom is -0.496 e. The van der Waals surface area contributed by atoms with E-state index in [4.69, 9.17) is 30.8 Å². The molecule has 1 fully saturated rings. The van der Waals surface area contributed by atoms with E-state index >= 15 is 0 Å². The highest BCUT2D eigenvalue weighted by molar-refractivity contribution is 6.63. The van der Waals surface area contributed by atoms with E-state index in [1.807, 2.05) is 0 Å². The van der Waals surface area contributed by atoms with Crippen LogP contribution in [0.4, 0.5) is 0 Å². The monoisotopic (exact) mass is 256 g/mol. The lowest BCUT2D eigenvalue weighted by Crippen LogP contribution is -2.33. The van der Waals surface area contributed by atoms with Gasteiger partial charge in [0, 0.05) is 5.46 Å². The van der Waals surface area contributed by atoms with Crippen LogP contribution in [0.2, 0.25) is 5.02 Å². The Morgan fingerprint density at radius 1 is 1.47 bits per heavy atom. The second-order valence-electron chi connectivity index (χ2n) is 3.43. The zero-order chi connectivity index (χ0) is 12.4. The molecule has 90 valence electrons. The first-order valence-electron chi connectivity index (χ1n) is 4.98. The van der Waals surface area contributed by atoms with Crippen molar-refractivity contribution in [3.05, 3.63) is 22.7 Å². The van der Waals surface area contributed by atoms with Gasteiger partial charge in [-0.1, -0.05) is 17.7 Å². The van der Waals surface area contributed by atoms with Crippen LogP contribution >= 0.6 is 11.6 Å². The van der Waals surface area contributed by atoms with Crippen LogP contribution in [0.1, 0.15) is 10.4 Å². The van der Waals surface area contributed by atoms with Gasteiger partial charge in [0.2, 0.25) is 0 Å². The summed E-state index contributed by atoms with van der Waals surface area (Å²) in [5.74, 6) is -0.827. The van der Waals surface area contributed by atoms with E-state index in [9.17, 15) is 4.79 Å². The number of carbonyl (C=O) groups is 1. The summed E-state index contributed by atoms with van der Waals surface area (Å²) in [5.41, 5.74) is 0.588. The molecule has 17 heavy (non-hydrogen) atoms. The maximum absolute atomic E-state index is 10.9. The van der Waals surface area contributed by atoms with Gasteiger partial charge < -0.3 is 19.2 Å². The summed E-state index contributed by atoms with van der Waals surface area (Å²) in [6, 6.07) is 3.00. The van der Waals surface area contributed by atoms with Gasteiger partial charge in [0.15, 0.2) is 0 Å². The number of benzene rings is 1. The lowest BCUT2D eigenvalue weighted by molar-refractivity contribution is 0.0696. The quantitative estimate of drug-likeness (QED) is 0.810. The Hall–Kier alpha value is -1.24. The van der Waals surface area contributed by atoms with Gasteiger partial charge >= 0.3 is 13.1 Å². The van der Waals surface area contributed by atoms with Gasteiger partial charge in [0.25, 0.3) is 0 Å². The maximum Gasteiger partial charge on any atom is 0.497 e. The van der Waals surface area contributed by atoms with Crippen LogP contribution in [0.5, 0.6) is 5.75 Å². The minimum absolute atomic E-state index is 0.00902. The number of rotatable bonds is 3. The molecule has 1 aromatic carbocycles. The summed E-state index contributed by atoms with van der Waals surface area (Å²) in [5, 5.41) is 8.99. The lowest BCUT2D eigenvalue weighted by Gasteiger charge is -2.13. The summed E-state index contributed by atoms with van der Waals surface area (Å²) in [6.07, 6.45) is 0. The van der Waals surface area contributed by atoms with E-state index in [-0.39, 0.29) is 16.3 Å². The van der Waals surface area contributed by atoms with Crippen LogP contribution < -0.4 is 10.2 Å². The van der Waals surface area contributed by atoms with Crippen molar-refractivity contribution in [3.63, 3.8) is 0 Å². The van der Waals surface area contributed by atoms with Crippen molar-refractivity contribution in [1.29, 1.82) is 0 Å². The molecule has 1 aliphatic rings. The Balaban J connectivity index is 2.46. The molecule has 0 bridgehead atoms. The fourth-order valence-corrected chi connectivity index (χ4v) is 2.00. The van der Waals surface area contributed by atoms with Crippen LogP contribution in [0.15, 0.2) is 12.1 Å². The van der Waals surface area contributed by atoms with E-state index in [0.29, 0.717) is 18.7 Å². The predicted molar refractivity (Wildman–Crippen MR) is 62.3 cm³/mol. The van der Waals surface area contributed by atoms with Crippen molar-refractivity contribution in [2.45, 2.75) is 0 Å². The number of aromatic carboxylic acids is 1. The third-order valence-corrected chi connectivity index (χ3v) is 2.81. The topological polar surface area (TPSA) is 65.0 Å². The molecule has 1 N–H and O–H groups in total. The molecular weight excluding hydrogens is 246 g/mol. The van der Waals surface area contributed by atoms with Gasteiger partial charge in [-0.25, -0.2) is 4.79 Å². The Labute approximate surface area is 103 Å². The Morgan fingerprint density at radius 3 is 2.65 bits per heavy atom. The number of methoxy groups -OCH3 is 1. The molecule has 7 heteroatoms.